The Morgan fingerprint density at radius 3 is 2.37 bits per heavy atom. The maximum atomic E-state index is 12.7. The number of para-hydroxylation sites is 2. The lowest BCUT2D eigenvalue weighted by Crippen LogP contribution is -2.50. The number of amides is 1. The zero-order valence-corrected chi connectivity index (χ0v) is 18.4. The molecule has 158 valence electrons. The molecule has 0 N–H and O–H groups in total. The Balaban J connectivity index is 1.36. The lowest BCUT2D eigenvalue weighted by atomic mass is 10.3. The van der Waals surface area contributed by atoms with Crippen molar-refractivity contribution in [1.29, 1.82) is 0 Å². The third-order valence-electron chi connectivity index (χ3n) is 5.23. The average molecular weight is 445 g/mol. The number of benzene rings is 2. The molecule has 0 bridgehead atoms. The average Bonchev–Trinajstić information content (AvgIpc) is 3.15. The van der Waals surface area contributed by atoms with E-state index in [-0.39, 0.29) is 11.7 Å². The molecule has 0 radical (unpaired) electrons. The van der Waals surface area contributed by atoms with Gasteiger partial charge in [0.15, 0.2) is 5.16 Å². The minimum Gasteiger partial charge on any atom is -0.339 e. The van der Waals surface area contributed by atoms with Crippen molar-refractivity contribution in [3.8, 4) is 0 Å². The largest absolute Gasteiger partial charge is 0.339 e. The number of hydrogen-bond donors (Lipinski definition) is 0. The summed E-state index contributed by atoms with van der Waals surface area (Å²) in [6.07, 6.45) is 0. The van der Waals surface area contributed by atoms with E-state index in [1.807, 2.05) is 24.3 Å². The van der Waals surface area contributed by atoms with Crippen LogP contribution in [0, 0.1) is 0 Å². The highest BCUT2D eigenvalue weighted by Crippen LogP contribution is 2.24. The fourth-order valence-electron chi connectivity index (χ4n) is 3.61. The van der Waals surface area contributed by atoms with Crippen molar-refractivity contribution >= 4 is 38.7 Å². The minimum absolute atomic E-state index is 0.00599. The lowest BCUT2D eigenvalue weighted by molar-refractivity contribution is -0.129. The Bertz CT molecular complexity index is 1140. The molecule has 9 heteroatoms. The summed E-state index contributed by atoms with van der Waals surface area (Å²) in [6, 6.07) is 16.4. The number of sulfonamides is 1. The first kappa shape index (κ1) is 20.9. The molecule has 0 atom stereocenters. The second kappa shape index (κ2) is 8.79. The van der Waals surface area contributed by atoms with Crippen LogP contribution < -0.4 is 0 Å². The number of aromatic nitrogens is 2. The van der Waals surface area contributed by atoms with Crippen LogP contribution in [0.3, 0.4) is 0 Å². The number of thioether (sulfide) groups is 1. The zero-order chi connectivity index (χ0) is 21.1. The molecule has 1 amide bonds. The number of nitrogens with zero attached hydrogens (tertiary/aromatic N) is 4. The van der Waals surface area contributed by atoms with Crippen molar-refractivity contribution in [3.63, 3.8) is 0 Å². The monoisotopic (exact) mass is 444 g/mol. The number of fused-ring (bicyclic) bond motifs is 1. The minimum atomic E-state index is -3.51. The normalized spacial score (nSPS) is 15.6. The van der Waals surface area contributed by atoms with Gasteiger partial charge in [0.1, 0.15) is 0 Å². The molecule has 0 saturated carbocycles. The molecule has 30 heavy (non-hydrogen) atoms. The van der Waals surface area contributed by atoms with Gasteiger partial charge in [0.2, 0.25) is 15.9 Å². The summed E-state index contributed by atoms with van der Waals surface area (Å²) in [7, 11) is -3.51. The Morgan fingerprint density at radius 2 is 1.67 bits per heavy atom. The van der Waals surface area contributed by atoms with E-state index >= 15 is 0 Å². The van der Waals surface area contributed by atoms with Crippen LogP contribution in [0.4, 0.5) is 0 Å². The van der Waals surface area contributed by atoms with E-state index in [1.165, 1.54) is 16.1 Å². The lowest BCUT2D eigenvalue weighted by Gasteiger charge is -2.34. The molecular formula is C21H24N4O3S2. The Morgan fingerprint density at radius 1 is 1.00 bits per heavy atom. The van der Waals surface area contributed by atoms with E-state index in [0.717, 1.165) is 22.7 Å². The maximum absolute atomic E-state index is 12.7. The standard InChI is InChI=1S/C21H24N4O3S2/c1-2-25-19-11-7-6-10-18(19)22-21(25)29-16-20(26)23-12-14-24(15-13-23)30(27,28)17-8-4-3-5-9-17/h3-11H,2,12-16H2,1H3. The van der Waals surface area contributed by atoms with Gasteiger partial charge in [-0.2, -0.15) is 4.31 Å². The van der Waals surface area contributed by atoms with Crippen molar-refractivity contribution in [2.75, 3.05) is 31.9 Å². The van der Waals surface area contributed by atoms with Gasteiger partial charge in [0.05, 0.1) is 21.7 Å². The van der Waals surface area contributed by atoms with Gasteiger partial charge >= 0.3 is 0 Å². The van der Waals surface area contributed by atoms with E-state index in [9.17, 15) is 13.2 Å². The Labute approximate surface area is 180 Å². The molecule has 3 aromatic rings. The van der Waals surface area contributed by atoms with Crippen molar-refractivity contribution in [3.05, 3.63) is 54.6 Å². The SMILES string of the molecule is CCn1c(SCC(=O)N2CCN(S(=O)(=O)c3ccccc3)CC2)nc2ccccc21. The van der Waals surface area contributed by atoms with E-state index in [2.05, 4.69) is 16.5 Å². The van der Waals surface area contributed by atoms with Crippen LogP contribution >= 0.6 is 11.8 Å². The summed E-state index contributed by atoms with van der Waals surface area (Å²) in [5.74, 6) is 0.292. The van der Waals surface area contributed by atoms with Crippen LogP contribution in [0.25, 0.3) is 11.0 Å². The van der Waals surface area contributed by atoms with Crippen molar-refractivity contribution in [2.45, 2.75) is 23.5 Å². The molecule has 1 aliphatic rings. The summed E-state index contributed by atoms with van der Waals surface area (Å²) in [4.78, 5) is 19.4. The molecule has 7 nitrogen and oxygen atoms in total. The summed E-state index contributed by atoms with van der Waals surface area (Å²) < 4.78 is 29.0. The van der Waals surface area contributed by atoms with Gasteiger partial charge in [-0.3, -0.25) is 4.79 Å². The van der Waals surface area contributed by atoms with E-state index < -0.39 is 10.0 Å². The molecule has 2 aromatic carbocycles. The first-order valence-electron chi connectivity index (χ1n) is 9.91. The zero-order valence-electron chi connectivity index (χ0n) is 16.8. The highest BCUT2D eigenvalue weighted by Gasteiger charge is 2.30. The van der Waals surface area contributed by atoms with E-state index in [0.29, 0.717) is 31.1 Å². The first-order valence-corrected chi connectivity index (χ1v) is 12.3. The smallest absolute Gasteiger partial charge is 0.243 e. The first-order chi connectivity index (χ1) is 14.5. The summed E-state index contributed by atoms with van der Waals surface area (Å²) in [5, 5.41) is 0.831. The Hall–Kier alpha value is -2.36. The van der Waals surface area contributed by atoms with Gasteiger partial charge in [0.25, 0.3) is 0 Å². The highest BCUT2D eigenvalue weighted by atomic mass is 32.2. The summed E-state index contributed by atoms with van der Waals surface area (Å²) in [5.41, 5.74) is 1.99. The predicted molar refractivity (Wildman–Crippen MR) is 118 cm³/mol. The number of carbonyl (C=O) groups excluding carboxylic acids is 1. The fraction of sp³-hybridized carbons (Fsp3) is 0.333. The van der Waals surface area contributed by atoms with Crippen molar-refractivity contribution in [2.24, 2.45) is 0 Å². The second-order valence-corrected chi connectivity index (χ2v) is 9.89. The quantitative estimate of drug-likeness (QED) is 0.547. The van der Waals surface area contributed by atoms with Gasteiger partial charge in [-0.25, -0.2) is 13.4 Å². The third kappa shape index (κ3) is 4.10. The highest BCUT2D eigenvalue weighted by molar-refractivity contribution is 7.99. The number of aryl methyl sites for hydroxylation is 1. The van der Waals surface area contributed by atoms with Crippen LogP contribution in [0.1, 0.15) is 6.92 Å². The molecule has 1 aliphatic heterocycles. The van der Waals surface area contributed by atoms with Gasteiger partial charge in [-0.15, -0.1) is 0 Å². The molecule has 1 fully saturated rings. The van der Waals surface area contributed by atoms with Crippen molar-refractivity contribution < 1.29 is 13.2 Å². The summed E-state index contributed by atoms with van der Waals surface area (Å²) >= 11 is 1.43. The molecule has 0 aliphatic carbocycles. The van der Waals surface area contributed by atoms with E-state index in [1.54, 1.807) is 35.2 Å². The van der Waals surface area contributed by atoms with Gasteiger partial charge in [0, 0.05) is 32.7 Å². The van der Waals surface area contributed by atoms with Crippen LogP contribution in [-0.4, -0.2) is 65.0 Å². The van der Waals surface area contributed by atoms with E-state index in [4.69, 9.17) is 0 Å². The molecule has 1 aromatic heterocycles. The number of imidazole rings is 1. The summed E-state index contributed by atoms with van der Waals surface area (Å²) in [6.45, 7) is 4.26. The molecule has 4 rings (SSSR count). The predicted octanol–water partition coefficient (Wildman–Crippen LogP) is 2.68. The van der Waals surface area contributed by atoms with Gasteiger partial charge in [-0.05, 0) is 31.2 Å². The van der Waals surface area contributed by atoms with Crippen LogP contribution in [0.5, 0.6) is 0 Å². The molecular weight excluding hydrogens is 420 g/mol. The maximum Gasteiger partial charge on any atom is 0.243 e. The van der Waals surface area contributed by atoms with Gasteiger partial charge in [-0.1, -0.05) is 42.1 Å². The number of piperazine rings is 1. The van der Waals surface area contributed by atoms with Gasteiger partial charge < -0.3 is 9.47 Å². The van der Waals surface area contributed by atoms with Crippen molar-refractivity contribution in [1.82, 2.24) is 18.8 Å². The number of carbonyl (C=O) groups is 1. The number of rotatable bonds is 6. The molecule has 0 unspecified atom stereocenters. The Kier molecular flexibility index (Phi) is 6.12. The van der Waals surface area contributed by atoms with Crippen LogP contribution in [0.2, 0.25) is 0 Å². The number of hydrogen-bond acceptors (Lipinski definition) is 5. The molecule has 1 saturated heterocycles. The topological polar surface area (TPSA) is 75.5 Å². The second-order valence-electron chi connectivity index (χ2n) is 7.01. The van der Waals surface area contributed by atoms with Crippen LogP contribution in [-0.2, 0) is 21.4 Å². The molecule has 2 heterocycles. The fourth-order valence-corrected chi connectivity index (χ4v) is 6.03. The third-order valence-corrected chi connectivity index (χ3v) is 8.11. The molecule has 0 spiro atoms. The van der Waals surface area contributed by atoms with Crippen LogP contribution in [0.15, 0.2) is 64.6 Å².